The van der Waals surface area contributed by atoms with Crippen molar-refractivity contribution in [2.75, 3.05) is 25.5 Å². The van der Waals surface area contributed by atoms with E-state index in [1.807, 2.05) is 24.7 Å². The van der Waals surface area contributed by atoms with Crippen molar-refractivity contribution in [2.24, 2.45) is 0 Å². The fourth-order valence-electron chi connectivity index (χ4n) is 4.86. The Labute approximate surface area is 172 Å². The normalized spacial score (nSPS) is 17.9. The molecule has 148 valence electrons. The molecule has 3 aliphatic heterocycles. The minimum absolute atomic E-state index is 0.123. The molecule has 0 spiro atoms. The van der Waals surface area contributed by atoms with Crippen molar-refractivity contribution in [1.29, 1.82) is 0 Å². The SMILES string of the molecule is CN1c2c(ccc3cc4c(cc23)OCO4)-c2ccc3c(c2C1n1ccnc1)OCO3. The summed E-state index contributed by atoms with van der Waals surface area (Å²) in [7, 11) is 2.10. The van der Waals surface area contributed by atoms with Gasteiger partial charge in [-0.1, -0.05) is 12.1 Å². The maximum absolute atomic E-state index is 5.92. The lowest BCUT2D eigenvalue weighted by Crippen LogP contribution is -2.33. The summed E-state index contributed by atoms with van der Waals surface area (Å²) in [6, 6.07) is 12.5. The summed E-state index contributed by atoms with van der Waals surface area (Å²) in [6.45, 7) is 0.494. The first kappa shape index (κ1) is 16.0. The largest absolute Gasteiger partial charge is 0.454 e. The second-order valence-corrected chi connectivity index (χ2v) is 7.64. The maximum atomic E-state index is 5.92. The van der Waals surface area contributed by atoms with Crippen LogP contribution in [0.4, 0.5) is 5.69 Å². The highest BCUT2D eigenvalue weighted by molar-refractivity contribution is 6.05. The molecule has 0 fully saturated rings. The predicted molar refractivity (Wildman–Crippen MR) is 110 cm³/mol. The van der Waals surface area contributed by atoms with Gasteiger partial charge in [-0.25, -0.2) is 4.98 Å². The van der Waals surface area contributed by atoms with E-state index in [1.54, 1.807) is 6.20 Å². The quantitative estimate of drug-likeness (QED) is 0.479. The van der Waals surface area contributed by atoms with E-state index in [1.165, 1.54) is 0 Å². The number of hydrogen-bond donors (Lipinski definition) is 0. The third kappa shape index (κ3) is 1.96. The minimum atomic E-state index is -0.123. The van der Waals surface area contributed by atoms with Crippen LogP contribution in [-0.4, -0.2) is 30.2 Å². The summed E-state index contributed by atoms with van der Waals surface area (Å²) in [5.74, 6) is 3.14. The van der Waals surface area contributed by atoms with Gasteiger partial charge in [-0.3, -0.25) is 0 Å². The Balaban J connectivity index is 1.58. The third-order valence-corrected chi connectivity index (χ3v) is 6.14. The first-order valence-electron chi connectivity index (χ1n) is 9.79. The molecule has 4 heterocycles. The Hall–Kier alpha value is -3.87. The molecular weight excluding hydrogens is 382 g/mol. The molecule has 0 aliphatic carbocycles. The van der Waals surface area contributed by atoms with E-state index < -0.39 is 0 Å². The molecule has 0 saturated carbocycles. The highest BCUT2D eigenvalue weighted by Gasteiger charge is 2.37. The molecule has 7 rings (SSSR count). The van der Waals surface area contributed by atoms with E-state index in [9.17, 15) is 0 Å². The van der Waals surface area contributed by atoms with E-state index in [4.69, 9.17) is 18.9 Å². The van der Waals surface area contributed by atoms with Crippen molar-refractivity contribution in [3.8, 4) is 34.1 Å². The molecule has 1 unspecified atom stereocenters. The lowest BCUT2D eigenvalue weighted by atomic mass is 9.88. The Morgan fingerprint density at radius 1 is 0.900 bits per heavy atom. The number of hydrogen-bond acceptors (Lipinski definition) is 6. The first-order chi connectivity index (χ1) is 14.8. The molecule has 1 atom stereocenters. The molecule has 0 radical (unpaired) electrons. The van der Waals surface area contributed by atoms with E-state index >= 15 is 0 Å². The summed E-state index contributed by atoms with van der Waals surface area (Å²) in [6.07, 6.45) is 5.49. The number of fused-ring (bicyclic) bond motifs is 8. The Kier molecular flexibility index (Phi) is 2.98. The number of ether oxygens (including phenoxy) is 4. The average Bonchev–Trinajstić information content (AvgIpc) is 3.52. The second kappa shape index (κ2) is 5.60. The van der Waals surface area contributed by atoms with E-state index in [-0.39, 0.29) is 19.8 Å². The molecule has 3 aromatic carbocycles. The van der Waals surface area contributed by atoms with Crippen LogP contribution in [0.3, 0.4) is 0 Å². The minimum Gasteiger partial charge on any atom is -0.454 e. The highest BCUT2D eigenvalue weighted by Crippen LogP contribution is 2.54. The number of imidazole rings is 1. The molecule has 0 N–H and O–H groups in total. The average molecular weight is 399 g/mol. The van der Waals surface area contributed by atoms with Gasteiger partial charge in [0, 0.05) is 36.0 Å². The van der Waals surface area contributed by atoms with Gasteiger partial charge in [0.05, 0.1) is 12.0 Å². The van der Waals surface area contributed by atoms with Crippen LogP contribution >= 0.6 is 0 Å². The fourth-order valence-corrected chi connectivity index (χ4v) is 4.86. The summed E-state index contributed by atoms with van der Waals surface area (Å²) in [5, 5.41) is 2.23. The van der Waals surface area contributed by atoms with Crippen LogP contribution in [0.15, 0.2) is 55.1 Å². The zero-order valence-electron chi connectivity index (χ0n) is 16.2. The van der Waals surface area contributed by atoms with Gasteiger partial charge in [-0.15, -0.1) is 0 Å². The molecule has 0 saturated heterocycles. The van der Waals surface area contributed by atoms with Gasteiger partial charge in [-0.2, -0.15) is 0 Å². The monoisotopic (exact) mass is 399 g/mol. The second-order valence-electron chi connectivity index (χ2n) is 7.64. The van der Waals surface area contributed by atoms with Gasteiger partial charge in [0.25, 0.3) is 0 Å². The smallest absolute Gasteiger partial charge is 0.231 e. The first-order valence-corrected chi connectivity index (χ1v) is 9.79. The molecule has 4 aromatic rings. The standard InChI is InChI=1S/C23H17N3O4/c1-25-21-15(3-2-13-8-18-19(9-16(13)21)29-11-28-18)14-4-5-17-22(30-12-27-17)20(14)23(25)26-7-6-24-10-26/h2-10,23H,11-12H2,1H3. The van der Waals surface area contributed by atoms with Crippen molar-refractivity contribution in [1.82, 2.24) is 9.55 Å². The number of anilines is 1. The van der Waals surface area contributed by atoms with Crippen molar-refractivity contribution in [3.05, 3.63) is 60.7 Å². The van der Waals surface area contributed by atoms with Crippen molar-refractivity contribution in [3.63, 3.8) is 0 Å². The molecule has 0 bridgehead atoms. The summed E-state index contributed by atoms with van der Waals surface area (Å²) >= 11 is 0. The van der Waals surface area contributed by atoms with Gasteiger partial charge in [-0.05, 0) is 35.2 Å². The van der Waals surface area contributed by atoms with Gasteiger partial charge in [0.1, 0.15) is 6.17 Å². The highest BCUT2D eigenvalue weighted by atomic mass is 16.7. The van der Waals surface area contributed by atoms with Crippen LogP contribution in [0.5, 0.6) is 23.0 Å². The predicted octanol–water partition coefficient (Wildman–Crippen LogP) is 4.16. The lowest BCUT2D eigenvalue weighted by molar-refractivity contribution is 0.172. The summed E-state index contributed by atoms with van der Waals surface area (Å²) in [4.78, 5) is 6.56. The van der Waals surface area contributed by atoms with Gasteiger partial charge < -0.3 is 28.4 Å². The molecule has 3 aliphatic rings. The molecule has 7 nitrogen and oxygen atoms in total. The number of rotatable bonds is 1. The Morgan fingerprint density at radius 2 is 1.70 bits per heavy atom. The zero-order chi connectivity index (χ0) is 19.8. The van der Waals surface area contributed by atoms with E-state index in [0.717, 1.165) is 56.1 Å². The van der Waals surface area contributed by atoms with Crippen molar-refractivity contribution >= 4 is 16.5 Å². The van der Waals surface area contributed by atoms with E-state index in [0.29, 0.717) is 0 Å². The molecule has 7 heteroatoms. The zero-order valence-corrected chi connectivity index (χ0v) is 16.2. The van der Waals surface area contributed by atoms with Gasteiger partial charge in [0.2, 0.25) is 13.6 Å². The van der Waals surface area contributed by atoms with Crippen LogP contribution in [0.2, 0.25) is 0 Å². The topological polar surface area (TPSA) is 58.0 Å². The Morgan fingerprint density at radius 3 is 2.57 bits per heavy atom. The molecular formula is C23H17N3O4. The Bertz CT molecular complexity index is 1330. The summed E-state index contributed by atoms with van der Waals surface area (Å²) < 4.78 is 24.9. The number of nitrogens with zero attached hydrogens (tertiary/aromatic N) is 3. The van der Waals surface area contributed by atoms with E-state index in [2.05, 4.69) is 45.8 Å². The van der Waals surface area contributed by atoms with Crippen LogP contribution in [0.1, 0.15) is 11.7 Å². The molecule has 30 heavy (non-hydrogen) atoms. The van der Waals surface area contributed by atoms with Crippen molar-refractivity contribution < 1.29 is 18.9 Å². The van der Waals surface area contributed by atoms with Gasteiger partial charge in [0.15, 0.2) is 23.0 Å². The fraction of sp³-hybridized carbons (Fsp3) is 0.174. The summed E-state index contributed by atoms with van der Waals surface area (Å²) in [5.41, 5.74) is 4.49. The molecule has 0 amide bonds. The maximum Gasteiger partial charge on any atom is 0.231 e. The number of aromatic nitrogens is 2. The van der Waals surface area contributed by atoms with Crippen molar-refractivity contribution in [2.45, 2.75) is 6.17 Å². The van der Waals surface area contributed by atoms with Crippen LogP contribution < -0.4 is 23.8 Å². The number of benzene rings is 3. The van der Waals surface area contributed by atoms with Crippen LogP contribution in [-0.2, 0) is 0 Å². The van der Waals surface area contributed by atoms with Gasteiger partial charge >= 0.3 is 0 Å². The lowest BCUT2D eigenvalue weighted by Gasteiger charge is -2.39. The van der Waals surface area contributed by atoms with Crippen LogP contribution in [0, 0.1) is 0 Å². The van der Waals surface area contributed by atoms with Crippen LogP contribution in [0.25, 0.3) is 21.9 Å². The molecule has 1 aromatic heterocycles. The third-order valence-electron chi connectivity index (χ3n) is 6.14.